The van der Waals surface area contributed by atoms with Crippen LogP contribution < -0.4 is 5.32 Å². The summed E-state index contributed by atoms with van der Waals surface area (Å²) in [4.78, 5) is 20.3. The topological polar surface area (TPSA) is 73.3 Å². The zero-order valence-corrected chi connectivity index (χ0v) is 12.9. The van der Waals surface area contributed by atoms with Crippen LogP contribution in [0.4, 0.5) is 5.95 Å². The number of aromatic nitrogens is 2. The lowest BCUT2D eigenvalue weighted by Crippen LogP contribution is -2.31. The Kier molecular flexibility index (Phi) is 5.50. The lowest BCUT2D eigenvalue weighted by atomic mass is 9.93. The summed E-state index contributed by atoms with van der Waals surface area (Å²) in [6.45, 7) is 7.68. The van der Waals surface area contributed by atoms with Crippen molar-refractivity contribution in [2.45, 2.75) is 39.7 Å². The van der Waals surface area contributed by atoms with E-state index in [2.05, 4.69) is 22.2 Å². The first-order chi connectivity index (χ1) is 10.1. The number of carbonyl (C=O) groups excluding carboxylic acids is 1. The van der Waals surface area contributed by atoms with Crippen molar-refractivity contribution < 1.29 is 14.3 Å². The van der Waals surface area contributed by atoms with Crippen LogP contribution in [0.5, 0.6) is 0 Å². The molecule has 0 saturated carbocycles. The predicted octanol–water partition coefficient (Wildman–Crippen LogP) is 2.19. The molecule has 1 atom stereocenters. The molecule has 1 unspecified atom stereocenters. The lowest BCUT2D eigenvalue weighted by Gasteiger charge is -2.28. The van der Waals surface area contributed by atoms with Gasteiger partial charge in [-0.25, -0.2) is 14.8 Å². The van der Waals surface area contributed by atoms with E-state index in [1.165, 1.54) is 6.20 Å². The van der Waals surface area contributed by atoms with Crippen LogP contribution in [0.2, 0.25) is 0 Å². The van der Waals surface area contributed by atoms with Crippen LogP contribution in [0.25, 0.3) is 0 Å². The molecule has 0 aromatic carbocycles. The molecule has 0 spiro atoms. The molecule has 21 heavy (non-hydrogen) atoms. The van der Waals surface area contributed by atoms with Gasteiger partial charge in [-0.15, -0.1) is 0 Å². The van der Waals surface area contributed by atoms with Crippen LogP contribution in [-0.4, -0.2) is 41.8 Å². The largest absolute Gasteiger partial charge is 0.462 e. The summed E-state index contributed by atoms with van der Waals surface area (Å²) in [5.41, 5.74) is 1.05. The van der Waals surface area contributed by atoms with Crippen molar-refractivity contribution in [2.24, 2.45) is 5.92 Å². The number of carbonyl (C=O) groups is 1. The number of esters is 1. The van der Waals surface area contributed by atoms with Gasteiger partial charge in [-0.2, -0.15) is 0 Å². The van der Waals surface area contributed by atoms with Gasteiger partial charge < -0.3 is 14.8 Å². The smallest absolute Gasteiger partial charge is 0.341 e. The minimum Gasteiger partial charge on any atom is -0.462 e. The quantitative estimate of drug-likeness (QED) is 0.839. The van der Waals surface area contributed by atoms with E-state index in [9.17, 15) is 4.79 Å². The van der Waals surface area contributed by atoms with E-state index in [0.717, 1.165) is 26.1 Å². The third-order valence-electron chi connectivity index (χ3n) is 3.80. The average molecular weight is 293 g/mol. The van der Waals surface area contributed by atoms with Crippen LogP contribution >= 0.6 is 0 Å². The Balaban J connectivity index is 2.00. The Morgan fingerprint density at radius 1 is 1.52 bits per heavy atom. The highest BCUT2D eigenvalue weighted by molar-refractivity contribution is 5.90. The third-order valence-corrected chi connectivity index (χ3v) is 3.80. The van der Waals surface area contributed by atoms with Crippen LogP contribution in [0, 0.1) is 12.8 Å². The maximum Gasteiger partial charge on any atom is 0.341 e. The standard InChI is InChI=1S/C15H23N3O3/c1-4-21-14(19)13-9-16-15(18-11(13)3)17-10(2)12-5-7-20-8-6-12/h9-10,12H,4-8H2,1-3H3,(H,16,17,18). The number of anilines is 1. The van der Waals surface area contributed by atoms with Crippen molar-refractivity contribution >= 4 is 11.9 Å². The van der Waals surface area contributed by atoms with Gasteiger partial charge >= 0.3 is 5.97 Å². The molecule has 116 valence electrons. The number of hydrogen-bond acceptors (Lipinski definition) is 6. The van der Waals surface area contributed by atoms with Crippen molar-refractivity contribution in [1.82, 2.24) is 9.97 Å². The molecule has 1 saturated heterocycles. The molecule has 2 heterocycles. The number of ether oxygens (including phenoxy) is 2. The molecule has 1 aliphatic rings. The molecule has 0 aliphatic carbocycles. The van der Waals surface area contributed by atoms with Crippen molar-refractivity contribution in [3.8, 4) is 0 Å². The fourth-order valence-corrected chi connectivity index (χ4v) is 2.48. The molecule has 0 amide bonds. The summed E-state index contributed by atoms with van der Waals surface area (Å²) >= 11 is 0. The first kappa shape index (κ1) is 15.7. The summed E-state index contributed by atoms with van der Waals surface area (Å²) in [6, 6.07) is 0.279. The molecule has 1 aliphatic heterocycles. The molecule has 0 radical (unpaired) electrons. The van der Waals surface area contributed by atoms with Crippen molar-refractivity contribution in [1.29, 1.82) is 0 Å². The number of nitrogens with zero attached hydrogens (tertiary/aromatic N) is 2. The average Bonchev–Trinajstić information content (AvgIpc) is 2.48. The fraction of sp³-hybridized carbons (Fsp3) is 0.667. The number of rotatable bonds is 5. The maximum atomic E-state index is 11.7. The van der Waals surface area contributed by atoms with E-state index < -0.39 is 0 Å². The van der Waals surface area contributed by atoms with Gasteiger partial charge in [0.2, 0.25) is 5.95 Å². The summed E-state index contributed by atoms with van der Waals surface area (Å²) in [5, 5.41) is 3.32. The summed E-state index contributed by atoms with van der Waals surface area (Å²) in [7, 11) is 0. The SMILES string of the molecule is CCOC(=O)c1cnc(NC(C)C2CCOCC2)nc1C. The molecule has 2 rings (SSSR count). The number of hydrogen-bond donors (Lipinski definition) is 1. The molecule has 0 bridgehead atoms. The van der Waals surface area contributed by atoms with E-state index in [0.29, 0.717) is 29.7 Å². The van der Waals surface area contributed by atoms with Gasteiger partial charge in [0, 0.05) is 25.5 Å². The van der Waals surface area contributed by atoms with Gasteiger partial charge in [-0.05, 0) is 39.5 Å². The minimum absolute atomic E-state index is 0.279. The monoisotopic (exact) mass is 293 g/mol. The van der Waals surface area contributed by atoms with Crippen LogP contribution in [0.1, 0.15) is 42.7 Å². The fourth-order valence-electron chi connectivity index (χ4n) is 2.48. The number of aryl methyl sites for hydroxylation is 1. The van der Waals surface area contributed by atoms with Gasteiger partial charge in [-0.3, -0.25) is 0 Å². The summed E-state index contributed by atoms with van der Waals surface area (Å²) in [6.07, 6.45) is 3.63. The zero-order valence-electron chi connectivity index (χ0n) is 12.9. The Bertz CT molecular complexity index is 487. The highest BCUT2D eigenvalue weighted by atomic mass is 16.5. The highest BCUT2D eigenvalue weighted by Crippen LogP contribution is 2.21. The van der Waals surface area contributed by atoms with Gasteiger partial charge in [0.15, 0.2) is 0 Å². The molecular weight excluding hydrogens is 270 g/mol. The second-order valence-corrected chi connectivity index (χ2v) is 5.30. The van der Waals surface area contributed by atoms with E-state index in [-0.39, 0.29) is 12.0 Å². The van der Waals surface area contributed by atoms with Crippen LogP contribution in [0.15, 0.2) is 6.20 Å². The molecule has 1 N–H and O–H groups in total. The first-order valence-electron chi connectivity index (χ1n) is 7.46. The lowest BCUT2D eigenvalue weighted by molar-refractivity contribution is 0.0524. The first-order valence-corrected chi connectivity index (χ1v) is 7.46. The Morgan fingerprint density at radius 3 is 2.86 bits per heavy atom. The minimum atomic E-state index is -0.376. The molecule has 6 nitrogen and oxygen atoms in total. The van der Waals surface area contributed by atoms with E-state index in [1.54, 1.807) is 13.8 Å². The zero-order chi connectivity index (χ0) is 15.2. The Hall–Kier alpha value is -1.69. The van der Waals surface area contributed by atoms with Gasteiger partial charge in [0.1, 0.15) is 0 Å². The maximum absolute atomic E-state index is 11.7. The van der Waals surface area contributed by atoms with Gasteiger partial charge in [-0.1, -0.05) is 0 Å². The molecular formula is C15H23N3O3. The number of nitrogens with one attached hydrogen (secondary N) is 1. The molecule has 1 aromatic heterocycles. The van der Waals surface area contributed by atoms with E-state index >= 15 is 0 Å². The third kappa shape index (κ3) is 4.14. The normalized spacial score (nSPS) is 17.3. The van der Waals surface area contributed by atoms with Crippen LogP contribution in [-0.2, 0) is 9.47 Å². The Labute approximate surface area is 125 Å². The van der Waals surface area contributed by atoms with Crippen LogP contribution in [0.3, 0.4) is 0 Å². The second-order valence-electron chi connectivity index (χ2n) is 5.30. The molecule has 6 heteroatoms. The van der Waals surface area contributed by atoms with E-state index in [4.69, 9.17) is 9.47 Å². The van der Waals surface area contributed by atoms with Gasteiger partial charge in [0.25, 0.3) is 0 Å². The van der Waals surface area contributed by atoms with E-state index in [1.807, 2.05) is 0 Å². The van der Waals surface area contributed by atoms with Crippen molar-refractivity contribution in [2.75, 3.05) is 25.1 Å². The summed E-state index contributed by atoms with van der Waals surface area (Å²) in [5.74, 6) is 0.742. The Morgan fingerprint density at radius 2 is 2.24 bits per heavy atom. The molecule has 1 fully saturated rings. The predicted molar refractivity (Wildman–Crippen MR) is 79.4 cm³/mol. The van der Waals surface area contributed by atoms with Crippen molar-refractivity contribution in [3.63, 3.8) is 0 Å². The highest BCUT2D eigenvalue weighted by Gasteiger charge is 2.21. The molecule has 1 aromatic rings. The van der Waals surface area contributed by atoms with Crippen molar-refractivity contribution in [3.05, 3.63) is 17.5 Å². The van der Waals surface area contributed by atoms with Gasteiger partial charge in [0.05, 0.1) is 17.9 Å². The summed E-state index contributed by atoms with van der Waals surface area (Å²) < 4.78 is 10.3. The second kappa shape index (κ2) is 7.36.